The Morgan fingerprint density at radius 2 is 1.12 bits per heavy atom. The number of hydrogen-bond donors (Lipinski definition) is 0. The van der Waals surface area contributed by atoms with E-state index in [9.17, 15) is 9.59 Å². The Bertz CT molecular complexity index is 880. The fraction of sp³-hybridized carbons (Fsp3) is 0.943. The highest BCUT2D eigenvalue weighted by Crippen LogP contribution is 2.62. The number of hydrogen-bond acceptors (Lipinski definition) is 6. The van der Waals surface area contributed by atoms with Gasteiger partial charge in [-0.2, -0.15) is 0 Å². The van der Waals surface area contributed by atoms with Crippen LogP contribution in [0.1, 0.15) is 126 Å². The minimum absolute atomic E-state index is 0.106. The van der Waals surface area contributed by atoms with Crippen molar-refractivity contribution in [3.63, 3.8) is 0 Å². The van der Waals surface area contributed by atoms with E-state index in [2.05, 4.69) is 13.8 Å². The van der Waals surface area contributed by atoms with Gasteiger partial charge >= 0.3 is 11.9 Å². The maximum absolute atomic E-state index is 12.0. The predicted octanol–water partition coefficient (Wildman–Crippen LogP) is 8.17. The van der Waals surface area contributed by atoms with Gasteiger partial charge in [0, 0.05) is 0 Å². The monoisotopic (exact) mass is 576 g/mol. The van der Waals surface area contributed by atoms with Crippen LogP contribution in [-0.2, 0) is 28.5 Å². The van der Waals surface area contributed by atoms with Gasteiger partial charge in [0.2, 0.25) is 0 Å². The van der Waals surface area contributed by atoms with Crippen molar-refractivity contribution in [3.8, 4) is 0 Å². The summed E-state index contributed by atoms with van der Waals surface area (Å²) in [6.45, 7) is 18.1. The van der Waals surface area contributed by atoms with Crippen LogP contribution in [0, 0.1) is 57.2 Å². The molecule has 0 aromatic rings. The first-order chi connectivity index (χ1) is 19.2. The first-order valence-corrected chi connectivity index (χ1v) is 16.7. The maximum Gasteiger partial charge on any atom is 0.313 e. The molecule has 0 aromatic carbocycles. The van der Waals surface area contributed by atoms with Gasteiger partial charge in [0.15, 0.2) is 13.6 Å². The van der Waals surface area contributed by atoms with Crippen LogP contribution < -0.4 is 0 Å². The summed E-state index contributed by atoms with van der Waals surface area (Å²) >= 11 is 0. The van der Waals surface area contributed by atoms with Crippen molar-refractivity contribution in [2.24, 2.45) is 57.2 Å². The Balaban J connectivity index is 0.000000191. The molecule has 3 unspecified atom stereocenters. The molecule has 0 spiro atoms. The highest BCUT2D eigenvalue weighted by atomic mass is 16.7. The van der Waals surface area contributed by atoms with E-state index in [1.165, 1.54) is 57.8 Å². The zero-order valence-corrected chi connectivity index (χ0v) is 27.5. The van der Waals surface area contributed by atoms with Crippen molar-refractivity contribution < 1.29 is 28.5 Å². The lowest BCUT2D eigenvalue weighted by molar-refractivity contribution is -0.181. The van der Waals surface area contributed by atoms with Crippen molar-refractivity contribution in [2.45, 2.75) is 126 Å². The Morgan fingerprint density at radius 1 is 0.659 bits per heavy atom. The van der Waals surface area contributed by atoms with Crippen LogP contribution in [-0.4, -0.2) is 38.7 Å². The standard InChI is InChI=1S/C19H32O3.C16H28O3/c1-5-18(2,3)17(20)22-12-21-11-19(4)15-7-13-6-14(9-15)10-16(19)8-13;1-5-15(2,3)14(17)19-11-18-10-16(4)9-12-6-7-13(16)8-12/h13-16H,5-12H2,1-4H3;12-13H,5-11H2,1-4H3. The molecule has 6 saturated carbocycles. The van der Waals surface area contributed by atoms with E-state index in [-0.39, 0.29) is 25.5 Å². The second kappa shape index (κ2) is 12.8. The van der Waals surface area contributed by atoms with E-state index < -0.39 is 10.8 Å². The highest BCUT2D eigenvalue weighted by Gasteiger charge is 2.54. The van der Waals surface area contributed by atoms with Crippen LogP contribution in [0.4, 0.5) is 0 Å². The lowest BCUT2D eigenvalue weighted by Gasteiger charge is -2.60. The summed E-state index contributed by atoms with van der Waals surface area (Å²) in [5.74, 6) is 5.05. The van der Waals surface area contributed by atoms with Crippen LogP contribution in [0.5, 0.6) is 0 Å². The topological polar surface area (TPSA) is 71.1 Å². The number of esters is 2. The lowest BCUT2D eigenvalue weighted by atomic mass is 9.46. The minimum atomic E-state index is -0.407. The number of rotatable bonds is 12. The summed E-state index contributed by atoms with van der Waals surface area (Å²) in [4.78, 5) is 23.8. The van der Waals surface area contributed by atoms with Gasteiger partial charge in [0.1, 0.15) is 0 Å². The summed E-state index contributed by atoms with van der Waals surface area (Å²) in [6, 6.07) is 0. The molecule has 0 heterocycles. The molecule has 0 N–H and O–H groups in total. The Kier molecular flexibility index (Phi) is 10.3. The van der Waals surface area contributed by atoms with E-state index in [4.69, 9.17) is 18.9 Å². The largest absolute Gasteiger partial charge is 0.438 e. The van der Waals surface area contributed by atoms with Gasteiger partial charge in [-0.25, -0.2) is 0 Å². The van der Waals surface area contributed by atoms with E-state index in [1.54, 1.807) is 0 Å². The third-order valence-electron chi connectivity index (χ3n) is 12.5. The summed E-state index contributed by atoms with van der Waals surface area (Å²) < 4.78 is 22.0. The molecule has 6 heteroatoms. The first-order valence-electron chi connectivity index (χ1n) is 16.7. The maximum atomic E-state index is 12.0. The molecule has 0 radical (unpaired) electrons. The van der Waals surface area contributed by atoms with Gasteiger partial charge in [-0.05, 0) is 138 Å². The van der Waals surface area contributed by atoms with E-state index in [0.717, 1.165) is 61.6 Å². The molecular weight excluding hydrogens is 516 g/mol. The molecule has 6 nitrogen and oxygen atoms in total. The lowest BCUT2D eigenvalue weighted by Crippen LogP contribution is -2.53. The Hall–Kier alpha value is -1.14. The molecule has 6 bridgehead atoms. The summed E-state index contributed by atoms with van der Waals surface area (Å²) in [5.41, 5.74) is -0.189. The van der Waals surface area contributed by atoms with Crippen LogP contribution in [0.3, 0.4) is 0 Å². The molecule has 6 rings (SSSR count). The zero-order valence-electron chi connectivity index (χ0n) is 27.5. The van der Waals surface area contributed by atoms with Crippen LogP contribution in [0.25, 0.3) is 0 Å². The zero-order chi connectivity index (χ0) is 30.1. The Labute approximate surface area is 250 Å². The van der Waals surface area contributed by atoms with E-state index >= 15 is 0 Å². The van der Waals surface area contributed by atoms with Gasteiger partial charge in [0.25, 0.3) is 0 Å². The summed E-state index contributed by atoms with van der Waals surface area (Å²) in [7, 11) is 0. The van der Waals surface area contributed by atoms with E-state index in [1.807, 2.05) is 41.5 Å². The minimum Gasteiger partial charge on any atom is -0.438 e. The van der Waals surface area contributed by atoms with Crippen LogP contribution >= 0.6 is 0 Å². The van der Waals surface area contributed by atoms with Crippen molar-refractivity contribution in [3.05, 3.63) is 0 Å². The van der Waals surface area contributed by atoms with Gasteiger partial charge in [-0.15, -0.1) is 0 Å². The predicted molar refractivity (Wildman–Crippen MR) is 161 cm³/mol. The van der Waals surface area contributed by atoms with Crippen LogP contribution in [0.15, 0.2) is 0 Å². The smallest absolute Gasteiger partial charge is 0.313 e. The summed E-state index contributed by atoms with van der Waals surface area (Å²) in [6.07, 6.45) is 14.1. The van der Waals surface area contributed by atoms with E-state index in [0.29, 0.717) is 10.8 Å². The average Bonchev–Trinajstić information content (AvgIpc) is 3.53. The molecule has 236 valence electrons. The molecule has 3 atom stereocenters. The third kappa shape index (κ3) is 7.33. The van der Waals surface area contributed by atoms with Crippen molar-refractivity contribution >= 4 is 11.9 Å². The second-order valence-corrected chi connectivity index (χ2v) is 16.3. The third-order valence-corrected chi connectivity index (χ3v) is 12.5. The van der Waals surface area contributed by atoms with Crippen molar-refractivity contribution in [1.29, 1.82) is 0 Å². The van der Waals surface area contributed by atoms with Gasteiger partial charge in [-0.1, -0.05) is 34.1 Å². The molecule has 0 saturated heterocycles. The fourth-order valence-electron chi connectivity index (χ4n) is 8.80. The van der Waals surface area contributed by atoms with Gasteiger partial charge in [-0.3, -0.25) is 9.59 Å². The van der Waals surface area contributed by atoms with Crippen LogP contribution in [0.2, 0.25) is 0 Å². The molecule has 41 heavy (non-hydrogen) atoms. The molecule has 6 aliphatic rings. The first kappa shape index (κ1) is 32.8. The Morgan fingerprint density at radius 3 is 1.54 bits per heavy atom. The summed E-state index contributed by atoms with van der Waals surface area (Å²) in [5, 5.41) is 0. The normalized spacial score (nSPS) is 37.1. The average molecular weight is 577 g/mol. The van der Waals surface area contributed by atoms with Crippen molar-refractivity contribution in [2.75, 3.05) is 26.8 Å². The molecule has 0 aliphatic heterocycles. The molecule has 0 amide bonds. The molecule has 6 fully saturated rings. The number of carbonyl (C=O) groups excluding carboxylic acids is 2. The van der Waals surface area contributed by atoms with Gasteiger partial charge in [0.05, 0.1) is 24.0 Å². The number of ether oxygens (including phenoxy) is 4. The van der Waals surface area contributed by atoms with Crippen molar-refractivity contribution in [1.82, 2.24) is 0 Å². The fourth-order valence-corrected chi connectivity index (χ4v) is 8.80. The molecule has 6 aliphatic carbocycles. The second-order valence-electron chi connectivity index (χ2n) is 16.3. The highest BCUT2D eigenvalue weighted by molar-refractivity contribution is 5.76. The number of fused-ring (bicyclic) bond motifs is 2. The van der Waals surface area contributed by atoms with Gasteiger partial charge < -0.3 is 18.9 Å². The SMILES string of the molecule is CCC(C)(C)C(=O)OCOCC1(C)C2CC3CC(C2)CC1C3.CCC(C)(C)C(=O)OCOCC1(C)CC2CCC1C2. The molecule has 0 aromatic heterocycles. The molecular formula is C35H60O6. The number of carbonyl (C=O) groups is 2. The quantitative estimate of drug-likeness (QED) is 0.133.